The monoisotopic (exact) mass is 400 g/mol. The molecule has 0 aromatic heterocycles. The molecule has 0 radical (unpaired) electrons. The lowest BCUT2D eigenvalue weighted by Gasteiger charge is -2.17. The van der Waals surface area contributed by atoms with Gasteiger partial charge in [0.05, 0.1) is 11.6 Å². The molecular formula is C22H19F3N2O2. The van der Waals surface area contributed by atoms with Crippen molar-refractivity contribution in [1.82, 2.24) is 5.32 Å². The van der Waals surface area contributed by atoms with Gasteiger partial charge in [0.1, 0.15) is 5.75 Å². The van der Waals surface area contributed by atoms with Gasteiger partial charge < -0.3 is 10.1 Å². The minimum atomic E-state index is -4.76. The van der Waals surface area contributed by atoms with Crippen molar-refractivity contribution in [3.05, 3.63) is 58.7 Å². The highest BCUT2D eigenvalue weighted by Gasteiger charge is 2.31. The van der Waals surface area contributed by atoms with Gasteiger partial charge in [-0.05, 0) is 78.8 Å². The zero-order valence-corrected chi connectivity index (χ0v) is 16.0. The summed E-state index contributed by atoms with van der Waals surface area (Å²) in [5, 5.41) is 12.3. The number of fused-ring (bicyclic) bond motifs is 1. The zero-order valence-electron chi connectivity index (χ0n) is 16.0. The third-order valence-electron chi connectivity index (χ3n) is 4.97. The maximum absolute atomic E-state index is 12.4. The zero-order chi connectivity index (χ0) is 21.2. The molecule has 0 bridgehead atoms. The first-order valence-corrected chi connectivity index (χ1v) is 9.09. The van der Waals surface area contributed by atoms with E-state index in [1.165, 1.54) is 12.1 Å². The van der Waals surface area contributed by atoms with E-state index in [9.17, 15) is 23.2 Å². The number of benzene rings is 2. The molecule has 0 atom stereocenters. The molecule has 0 fully saturated rings. The van der Waals surface area contributed by atoms with E-state index in [0.29, 0.717) is 36.1 Å². The number of halogens is 3. The largest absolute Gasteiger partial charge is 0.573 e. The van der Waals surface area contributed by atoms with Crippen molar-refractivity contribution in [2.24, 2.45) is 0 Å². The van der Waals surface area contributed by atoms with Gasteiger partial charge in [0.2, 0.25) is 5.91 Å². The Hall–Kier alpha value is -3.27. The second-order valence-electron chi connectivity index (χ2n) is 6.84. The molecule has 1 N–H and O–H groups in total. The summed E-state index contributed by atoms with van der Waals surface area (Å²) in [6.07, 6.45) is -3.40. The van der Waals surface area contributed by atoms with Crippen LogP contribution >= 0.6 is 0 Å². The molecule has 1 aliphatic heterocycles. The average Bonchev–Trinajstić information content (AvgIpc) is 2.73. The number of hydrogen-bond donors (Lipinski definition) is 1. The van der Waals surface area contributed by atoms with Gasteiger partial charge in [-0.3, -0.25) is 4.79 Å². The van der Waals surface area contributed by atoms with Crippen LogP contribution in [0.1, 0.15) is 37.0 Å². The SMILES string of the molecule is C/C1=C(/C)c2cc(C#N)cc(-c3ccc(OC(F)(F)F)cc3)c2CCCNC1=O. The molecule has 3 rings (SSSR count). The van der Waals surface area contributed by atoms with E-state index >= 15 is 0 Å². The topological polar surface area (TPSA) is 62.1 Å². The second kappa shape index (κ2) is 8.00. The summed E-state index contributed by atoms with van der Waals surface area (Å²) in [4.78, 5) is 12.3. The van der Waals surface area contributed by atoms with E-state index in [1.54, 1.807) is 31.2 Å². The van der Waals surface area contributed by atoms with Crippen LogP contribution in [0.15, 0.2) is 42.0 Å². The van der Waals surface area contributed by atoms with Crippen molar-refractivity contribution >= 4 is 11.5 Å². The Labute approximate surface area is 166 Å². The van der Waals surface area contributed by atoms with Crippen LogP contribution in [0.4, 0.5) is 13.2 Å². The number of carbonyl (C=O) groups excluding carboxylic acids is 1. The average molecular weight is 400 g/mol. The summed E-state index contributed by atoms with van der Waals surface area (Å²) in [5.74, 6) is -0.452. The van der Waals surface area contributed by atoms with Crippen molar-refractivity contribution in [2.45, 2.75) is 33.1 Å². The van der Waals surface area contributed by atoms with Crippen LogP contribution in [0, 0.1) is 11.3 Å². The smallest absolute Gasteiger partial charge is 0.406 e. The van der Waals surface area contributed by atoms with Gasteiger partial charge in [-0.2, -0.15) is 5.26 Å². The lowest BCUT2D eigenvalue weighted by Crippen LogP contribution is -2.25. The molecule has 150 valence electrons. The lowest BCUT2D eigenvalue weighted by molar-refractivity contribution is -0.274. The van der Waals surface area contributed by atoms with Crippen LogP contribution < -0.4 is 10.1 Å². The standard InChI is InChI=1S/C22H19F3N2O2/c1-13-14(2)21(28)27-9-3-4-18-19(13)10-15(12-26)11-20(18)16-5-7-17(8-6-16)29-22(23,24)25/h5-8,10-11H,3-4,9H2,1-2H3,(H,27,28)/b14-13+. The molecule has 4 nitrogen and oxygen atoms in total. The predicted octanol–water partition coefficient (Wildman–Crippen LogP) is 4.98. The number of ether oxygens (including phenoxy) is 1. The van der Waals surface area contributed by atoms with Gasteiger partial charge in [0, 0.05) is 12.1 Å². The normalized spacial score (nSPS) is 17.3. The van der Waals surface area contributed by atoms with Crippen molar-refractivity contribution in [1.29, 1.82) is 5.26 Å². The number of nitriles is 1. The third-order valence-corrected chi connectivity index (χ3v) is 4.97. The number of allylic oxidation sites excluding steroid dienone is 1. The van der Waals surface area contributed by atoms with Gasteiger partial charge >= 0.3 is 6.36 Å². The summed E-state index contributed by atoms with van der Waals surface area (Å²) < 4.78 is 41.2. The first-order chi connectivity index (χ1) is 13.7. The highest BCUT2D eigenvalue weighted by Crippen LogP contribution is 2.35. The van der Waals surface area contributed by atoms with E-state index in [0.717, 1.165) is 22.3 Å². The van der Waals surface area contributed by atoms with Gasteiger partial charge in [0.25, 0.3) is 0 Å². The van der Waals surface area contributed by atoms with Crippen LogP contribution in [-0.4, -0.2) is 18.8 Å². The van der Waals surface area contributed by atoms with E-state index < -0.39 is 6.36 Å². The number of nitrogens with zero attached hydrogens (tertiary/aromatic N) is 1. The van der Waals surface area contributed by atoms with Crippen LogP contribution in [0.25, 0.3) is 16.7 Å². The van der Waals surface area contributed by atoms with Crippen molar-refractivity contribution < 1.29 is 22.7 Å². The Bertz CT molecular complexity index is 1020. The van der Waals surface area contributed by atoms with Crippen molar-refractivity contribution in [3.63, 3.8) is 0 Å². The van der Waals surface area contributed by atoms with E-state index in [-0.39, 0.29) is 11.7 Å². The number of nitrogens with one attached hydrogen (secondary N) is 1. The lowest BCUT2D eigenvalue weighted by atomic mass is 9.87. The molecule has 1 aliphatic rings. The summed E-state index contributed by atoms with van der Waals surface area (Å²) in [6.45, 7) is 4.09. The van der Waals surface area contributed by atoms with E-state index in [4.69, 9.17) is 0 Å². The number of alkyl halides is 3. The molecule has 29 heavy (non-hydrogen) atoms. The maximum atomic E-state index is 12.4. The molecule has 0 unspecified atom stereocenters. The molecule has 7 heteroatoms. The molecule has 0 saturated carbocycles. The Balaban J connectivity index is 2.16. The molecule has 0 spiro atoms. The summed E-state index contributed by atoms with van der Waals surface area (Å²) in [6, 6.07) is 11.2. The minimum Gasteiger partial charge on any atom is -0.406 e. The van der Waals surface area contributed by atoms with Crippen LogP contribution in [0.2, 0.25) is 0 Å². The fourth-order valence-electron chi connectivity index (χ4n) is 3.41. The van der Waals surface area contributed by atoms with Crippen molar-refractivity contribution in [3.8, 4) is 22.9 Å². The first-order valence-electron chi connectivity index (χ1n) is 9.09. The molecule has 0 aliphatic carbocycles. The maximum Gasteiger partial charge on any atom is 0.573 e. The molecule has 1 amide bonds. The van der Waals surface area contributed by atoms with Gasteiger partial charge in [-0.1, -0.05) is 12.1 Å². The molecular weight excluding hydrogens is 381 g/mol. The number of amides is 1. The third kappa shape index (κ3) is 4.60. The molecule has 0 saturated heterocycles. The quantitative estimate of drug-likeness (QED) is 0.773. The number of rotatable bonds is 2. The molecule has 2 aromatic rings. The van der Waals surface area contributed by atoms with Gasteiger partial charge in [-0.15, -0.1) is 13.2 Å². The fraction of sp³-hybridized carbons (Fsp3) is 0.273. The highest BCUT2D eigenvalue weighted by atomic mass is 19.4. The Kier molecular flexibility index (Phi) is 5.64. The summed E-state index contributed by atoms with van der Waals surface area (Å²) in [7, 11) is 0. The molecule has 1 heterocycles. The Morgan fingerprint density at radius 3 is 2.34 bits per heavy atom. The highest BCUT2D eigenvalue weighted by molar-refractivity contribution is 6.01. The predicted molar refractivity (Wildman–Crippen MR) is 103 cm³/mol. The van der Waals surface area contributed by atoms with Crippen LogP contribution in [0.5, 0.6) is 5.75 Å². The summed E-state index contributed by atoms with van der Waals surface area (Å²) >= 11 is 0. The minimum absolute atomic E-state index is 0.145. The fourth-order valence-corrected chi connectivity index (χ4v) is 3.41. The first kappa shape index (κ1) is 20.5. The Morgan fingerprint density at radius 1 is 1.07 bits per heavy atom. The molecule has 2 aromatic carbocycles. The van der Waals surface area contributed by atoms with Crippen LogP contribution in [0.3, 0.4) is 0 Å². The van der Waals surface area contributed by atoms with Crippen molar-refractivity contribution in [2.75, 3.05) is 6.54 Å². The van der Waals surface area contributed by atoms with Crippen LogP contribution in [-0.2, 0) is 11.2 Å². The second-order valence-corrected chi connectivity index (χ2v) is 6.84. The number of carbonyl (C=O) groups is 1. The summed E-state index contributed by atoms with van der Waals surface area (Å²) in [5.41, 5.74) is 4.97. The van der Waals surface area contributed by atoms with E-state index in [1.807, 2.05) is 6.92 Å². The van der Waals surface area contributed by atoms with Gasteiger partial charge in [0.15, 0.2) is 0 Å². The van der Waals surface area contributed by atoms with Gasteiger partial charge in [-0.25, -0.2) is 0 Å². The van der Waals surface area contributed by atoms with E-state index in [2.05, 4.69) is 16.1 Å². The Morgan fingerprint density at radius 2 is 1.72 bits per heavy atom. The number of hydrogen-bond acceptors (Lipinski definition) is 3.